The van der Waals surface area contributed by atoms with Gasteiger partial charge in [-0.25, -0.2) is 4.79 Å². The molecule has 2 rings (SSSR count). The van der Waals surface area contributed by atoms with E-state index >= 15 is 0 Å². The Morgan fingerprint density at radius 1 is 1.29 bits per heavy atom. The van der Waals surface area contributed by atoms with Crippen molar-refractivity contribution in [3.63, 3.8) is 0 Å². The summed E-state index contributed by atoms with van der Waals surface area (Å²) in [7, 11) is 0. The largest absolute Gasteiger partial charge is 0.481 e. The SMILES string of the molecule is O=C(NCC1CCCC1)N1CCC(C(=O)O)(C(F)(F)F)C1. The van der Waals surface area contributed by atoms with Gasteiger partial charge in [-0.3, -0.25) is 4.79 Å². The highest BCUT2D eigenvalue weighted by molar-refractivity contribution is 5.80. The summed E-state index contributed by atoms with van der Waals surface area (Å²) in [5.41, 5.74) is -2.84. The average molecular weight is 308 g/mol. The molecule has 0 aromatic rings. The zero-order valence-electron chi connectivity index (χ0n) is 11.6. The van der Waals surface area contributed by atoms with E-state index < -0.39 is 36.6 Å². The van der Waals surface area contributed by atoms with E-state index in [0.717, 1.165) is 30.6 Å². The first-order valence-corrected chi connectivity index (χ1v) is 7.09. The second-order valence-corrected chi connectivity index (χ2v) is 5.89. The fraction of sp³-hybridized carbons (Fsp3) is 0.846. The van der Waals surface area contributed by atoms with Crippen LogP contribution < -0.4 is 5.32 Å². The maximum Gasteiger partial charge on any atom is 0.406 e. The number of carbonyl (C=O) groups is 2. The Hall–Kier alpha value is -1.47. The molecule has 8 heteroatoms. The Kier molecular flexibility index (Phi) is 4.34. The third-order valence-electron chi connectivity index (χ3n) is 4.53. The van der Waals surface area contributed by atoms with Crippen molar-refractivity contribution in [2.45, 2.75) is 38.3 Å². The summed E-state index contributed by atoms with van der Waals surface area (Å²) in [6, 6.07) is -0.603. The Labute approximate surface area is 120 Å². The van der Waals surface area contributed by atoms with Gasteiger partial charge in [-0.1, -0.05) is 12.8 Å². The van der Waals surface area contributed by atoms with Crippen LogP contribution in [0.2, 0.25) is 0 Å². The zero-order chi connectivity index (χ0) is 15.7. The summed E-state index contributed by atoms with van der Waals surface area (Å²) < 4.78 is 39.0. The molecule has 1 unspecified atom stereocenters. The quantitative estimate of drug-likeness (QED) is 0.840. The number of aliphatic carboxylic acids is 1. The first-order chi connectivity index (χ1) is 9.76. The smallest absolute Gasteiger partial charge is 0.406 e. The molecule has 2 fully saturated rings. The lowest BCUT2D eigenvalue weighted by Crippen LogP contribution is -2.49. The summed E-state index contributed by atoms with van der Waals surface area (Å²) in [5.74, 6) is -1.54. The van der Waals surface area contributed by atoms with Gasteiger partial charge in [0.15, 0.2) is 5.41 Å². The van der Waals surface area contributed by atoms with E-state index in [-0.39, 0.29) is 6.54 Å². The van der Waals surface area contributed by atoms with Gasteiger partial charge >= 0.3 is 18.2 Å². The van der Waals surface area contributed by atoms with Crippen LogP contribution in [0.5, 0.6) is 0 Å². The number of urea groups is 1. The fourth-order valence-corrected chi connectivity index (χ4v) is 3.07. The Morgan fingerprint density at radius 2 is 1.90 bits per heavy atom. The van der Waals surface area contributed by atoms with Crippen LogP contribution in [0.25, 0.3) is 0 Å². The molecule has 0 aromatic carbocycles. The number of rotatable bonds is 3. The molecule has 1 aliphatic heterocycles. The number of carboxylic acids is 1. The van der Waals surface area contributed by atoms with Crippen LogP contribution in [-0.4, -0.2) is 47.8 Å². The van der Waals surface area contributed by atoms with Crippen molar-refractivity contribution in [1.82, 2.24) is 10.2 Å². The zero-order valence-corrected chi connectivity index (χ0v) is 11.6. The molecule has 2 N–H and O–H groups in total. The van der Waals surface area contributed by atoms with Crippen molar-refractivity contribution in [2.75, 3.05) is 19.6 Å². The number of hydrogen-bond donors (Lipinski definition) is 2. The lowest BCUT2D eigenvalue weighted by molar-refractivity contribution is -0.226. The minimum Gasteiger partial charge on any atom is -0.481 e. The van der Waals surface area contributed by atoms with Gasteiger partial charge in [-0.05, 0) is 25.2 Å². The van der Waals surface area contributed by atoms with Crippen molar-refractivity contribution >= 4 is 12.0 Å². The van der Waals surface area contributed by atoms with Crippen LogP contribution in [0.15, 0.2) is 0 Å². The highest BCUT2D eigenvalue weighted by Gasteiger charge is 2.64. The van der Waals surface area contributed by atoms with Gasteiger partial charge in [0.05, 0.1) is 0 Å². The summed E-state index contributed by atoms with van der Waals surface area (Å²) >= 11 is 0. The molecule has 1 saturated heterocycles. The lowest BCUT2D eigenvalue weighted by Gasteiger charge is -2.27. The van der Waals surface area contributed by atoms with Crippen molar-refractivity contribution in [3.8, 4) is 0 Å². The monoisotopic (exact) mass is 308 g/mol. The van der Waals surface area contributed by atoms with Crippen LogP contribution >= 0.6 is 0 Å². The summed E-state index contributed by atoms with van der Waals surface area (Å²) in [5, 5.41) is 11.5. The van der Waals surface area contributed by atoms with E-state index in [1.54, 1.807) is 0 Å². The molecule has 1 saturated carbocycles. The van der Waals surface area contributed by atoms with Crippen LogP contribution in [0.4, 0.5) is 18.0 Å². The van der Waals surface area contributed by atoms with E-state index in [1.165, 1.54) is 0 Å². The minimum absolute atomic E-state index is 0.192. The molecular weight excluding hydrogens is 289 g/mol. The third kappa shape index (κ3) is 3.08. The van der Waals surface area contributed by atoms with E-state index in [4.69, 9.17) is 5.11 Å². The van der Waals surface area contributed by atoms with E-state index in [0.29, 0.717) is 12.5 Å². The molecule has 1 heterocycles. The second kappa shape index (κ2) is 5.73. The fourth-order valence-electron chi connectivity index (χ4n) is 3.07. The topological polar surface area (TPSA) is 69.6 Å². The number of halogens is 3. The number of amides is 2. The van der Waals surface area contributed by atoms with Gasteiger partial charge in [-0.2, -0.15) is 13.2 Å². The predicted octanol–water partition coefficient (Wildman–Crippen LogP) is 2.23. The molecule has 0 bridgehead atoms. The number of hydrogen-bond acceptors (Lipinski definition) is 2. The summed E-state index contributed by atoms with van der Waals surface area (Å²) in [6.45, 7) is -0.563. The molecule has 21 heavy (non-hydrogen) atoms. The highest BCUT2D eigenvalue weighted by Crippen LogP contribution is 2.45. The Balaban J connectivity index is 1.93. The average Bonchev–Trinajstić information content (AvgIpc) is 3.04. The lowest BCUT2D eigenvalue weighted by atomic mass is 9.86. The van der Waals surface area contributed by atoms with Crippen molar-refractivity contribution in [3.05, 3.63) is 0 Å². The van der Waals surface area contributed by atoms with Gasteiger partial charge in [0.1, 0.15) is 0 Å². The van der Waals surface area contributed by atoms with Gasteiger partial charge in [-0.15, -0.1) is 0 Å². The molecule has 1 aliphatic carbocycles. The van der Waals surface area contributed by atoms with E-state index in [9.17, 15) is 22.8 Å². The highest BCUT2D eigenvalue weighted by atomic mass is 19.4. The standard InChI is InChI=1S/C13H19F3N2O3/c14-13(15,16)12(10(19)20)5-6-18(8-12)11(21)17-7-9-3-1-2-4-9/h9H,1-8H2,(H,17,21)(H,19,20). The molecule has 0 aromatic heterocycles. The van der Waals surface area contributed by atoms with Crippen molar-refractivity contribution < 1.29 is 27.9 Å². The Bertz CT molecular complexity index is 421. The maximum atomic E-state index is 13.0. The molecule has 120 valence electrons. The second-order valence-electron chi connectivity index (χ2n) is 5.89. The molecule has 0 spiro atoms. The molecule has 5 nitrogen and oxygen atoms in total. The van der Waals surface area contributed by atoms with Gasteiger partial charge < -0.3 is 15.3 Å². The van der Waals surface area contributed by atoms with Gasteiger partial charge in [0, 0.05) is 19.6 Å². The number of carboxylic acid groups (broad SMARTS) is 1. The first kappa shape index (κ1) is 15.9. The summed E-state index contributed by atoms with van der Waals surface area (Å²) in [4.78, 5) is 23.9. The molecule has 2 aliphatic rings. The van der Waals surface area contributed by atoms with Gasteiger partial charge in [0.2, 0.25) is 0 Å². The normalized spacial score (nSPS) is 27.1. The molecule has 0 radical (unpaired) electrons. The van der Waals surface area contributed by atoms with Crippen LogP contribution in [0, 0.1) is 11.3 Å². The van der Waals surface area contributed by atoms with E-state index in [2.05, 4.69) is 5.32 Å². The number of nitrogens with zero attached hydrogens (tertiary/aromatic N) is 1. The molecular formula is C13H19F3N2O3. The Morgan fingerprint density at radius 3 is 2.38 bits per heavy atom. The molecule has 1 atom stereocenters. The number of nitrogens with one attached hydrogen (secondary N) is 1. The van der Waals surface area contributed by atoms with Crippen LogP contribution in [0.3, 0.4) is 0 Å². The third-order valence-corrected chi connectivity index (χ3v) is 4.53. The van der Waals surface area contributed by atoms with Gasteiger partial charge in [0.25, 0.3) is 0 Å². The summed E-state index contributed by atoms with van der Waals surface area (Å²) in [6.07, 6.45) is -1.20. The number of alkyl halides is 3. The predicted molar refractivity (Wildman–Crippen MR) is 67.7 cm³/mol. The van der Waals surface area contributed by atoms with Crippen molar-refractivity contribution in [2.24, 2.45) is 11.3 Å². The molecule has 2 amide bonds. The first-order valence-electron chi connectivity index (χ1n) is 7.09. The number of carbonyl (C=O) groups excluding carboxylic acids is 1. The van der Waals surface area contributed by atoms with Crippen LogP contribution in [0.1, 0.15) is 32.1 Å². The van der Waals surface area contributed by atoms with Crippen molar-refractivity contribution in [1.29, 1.82) is 0 Å². The van der Waals surface area contributed by atoms with Crippen LogP contribution in [-0.2, 0) is 4.79 Å². The van der Waals surface area contributed by atoms with E-state index in [1.807, 2.05) is 0 Å². The maximum absolute atomic E-state index is 13.0. The number of likely N-dealkylation sites (tertiary alicyclic amines) is 1. The minimum atomic E-state index is -4.86.